The van der Waals surface area contributed by atoms with Crippen LogP contribution in [0.3, 0.4) is 0 Å². The molecule has 16 heavy (non-hydrogen) atoms. The van der Waals surface area contributed by atoms with E-state index in [9.17, 15) is 0 Å². The van der Waals surface area contributed by atoms with E-state index in [0.29, 0.717) is 6.54 Å². The van der Waals surface area contributed by atoms with E-state index in [4.69, 9.17) is 0 Å². The molecule has 0 amide bonds. The zero-order valence-electron chi connectivity index (χ0n) is 9.80. The molecule has 2 aromatic heterocycles. The highest BCUT2D eigenvalue weighted by atomic mass is 15.3. The van der Waals surface area contributed by atoms with Crippen molar-refractivity contribution in [2.75, 3.05) is 0 Å². The number of rotatable bonds is 4. The molecular formula is C10H16N6. The van der Waals surface area contributed by atoms with Crippen molar-refractivity contribution in [1.82, 2.24) is 29.9 Å². The third kappa shape index (κ3) is 2.27. The Hall–Kier alpha value is -1.69. The Kier molecular flexibility index (Phi) is 3.00. The number of aryl methyl sites for hydroxylation is 3. The molecule has 0 saturated heterocycles. The number of nitrogens with zero attached hydrogens (tertiary/aromatic N) is 5. The highest BCUT2D eigenvalue weighted by Gasteiger charge is 2.04. The maximum absolute atomic E-state index is 4.29. The third-order valence-electron chi connectivity index (χ3n) is 2.52. The lowest BCUT2D eigenvalue weighted by atomic mass is 10.2. The Bertz CT molecular complexity index is 469. The molecule has 0 saturated carbocycles. The van der Waals surface area contributed by atoms with E-state index < -0.39 is 0 Å². The summed E-state index contributed by atoms with van der Waals surface area (Å²) in [4.78, 5) is 0. The highest BCUT2D eigenvalue weighted by molar-refractivity contribution is 5.14. The summed E-state index contributed by atoms with van der Waals surface area (Å²) in [6, 6.07) is 0. The Morgan fingerprint density at radius 1 is 1.31 bits per heavy atom. The van der Waals surface area contributed by atoms with Crippen LogP contribution in [0, 0.1) is 6.92 Å². The van der Waals surface area contributed by atoms with Crippen molar-refractivity contribution < 1.29 is 0 Å². The number of aromatic nitrogens is 5. The first-order chi connectivity index (χ1) is 7.66. The monoisotopic (exact) mass is 220 g/mol. The molecule has 86 valence electrons. The number of hydrogen-bond acceptors (Lipinski definition) is 4. The van der Waals surface area contributed by atoms with Gasteiger partial charge in [0.15, 0.2) is 0 Å². The van der Waals surface area contributed by atoms with Crippen LogP contribution in [-0.4, -0.2) is 24.5 Å². The Labute approximate surface area is 94.3 Å². The Morgan fingerprint density at radius 2 is 2.12 bits per heavy atom. The molecule has 0 radical (unpaired) electrons. The topological polar surface area (TPSA) is 60.6 Å². The minimum Gasteiger partial charge on any atom is -0.320 e. The van der Waals surface area contributed by atoms with Gasteiger partial charge in [-0.05, 0) is 6.92 Å². The van der Waals surface area contributed by atoms with Crippen molar-refractivity contribution in [2.24, 2.45) is 14.1 Å². The molecule has 0 aliphatic carbocycles. The fourth-order valence-corrected chi connectivity index (χ4v) is 1.60. The minimum atomic E-state index is 0.713. The molecular weight excluding hydrogens is 204 g/mol. The van der Waals surface area contributed by atoms with Gasteiger partial charge in [0.25, 0.3) is 0 Å². The number of nitrogens with one attached hydrogen (secondary N) is 1. The predicted octanol–water partition coefficient (Wildman–Crippen LogP) is 0.147. The van der Waals surface area contributed by atoms with Crippen LogP contribution in [0.5, 0.6) is 0 Å². The minimum absolute atomic E-state index is 0.713. The maximum atomic E-state index is 4.29. The van der Waals surface area contributed by atoms with Crippen LogP contribution < -0.4 is 5.32 Å². The summed E-state index contributed by atoms with van der Waals surface area (Å²) in [5, 5.41) is 15.4. The van der Waals surface area contributed by atoms with E-state index in [1.54, 1.807) is 6.33 Å². The molecule has 0 unspecified atom stereocenters. The van der Waals surface area contributed by atoms with E-state index in [1.165, 1.54) is 5.56 Å². The Balaban J connectivity index is 1.89. The quantitative estimate of drug-likeness (QED) is 0.796. The van der Waals surface area contributed by atoms with Crippen LogP contribution in [0.2, 0.25) is 0 Å². The van der Waals surface area contributed by atoms with Crippen LogP contribution >= 0.6 is 0 Å². The van der Waals surface area contributed by atoms with Crippen LogP contribution in [0.4, 0.5) is 0 Å². The lowest BCUT2D eigenvalue weighted by Crippen LogP contribution is -2.15. The molecule has 0 aliphatic rings. The first kappa shape index (κ1) is 10.8. The smallest absolute Gasteiger partial charge is 0.146 e. The van der Waals surface area contributed by atoms with Crippen LogP contribution in [0.1, 0.15) is 17.1 Å². The van der Waals surface area contributed by atoms with Gasteiger partial charge in [0, 0.05) is 32.4 Å². The second-order valence-corrected chi connectivity index (χ2v) is 3.88. The lowest BCUT2D eigenvalue weighted by molar-refractivity contribution is 0.635. The fraction of sp³-hybridized carbons (Fsp3) is 0.500. The van der Waals surface area contributed by atoms with Gasteiger partial charge in [-0.25, -0.2) is 0 Å². The maximum Gasteiger partial charge on any atom is 0.146 e. The molecule has 0 aliphatic heterocycles. The average molecular weight is 220 g/mol. The molecule has 0 aromatic carbocycles. The first-order valence-corrected chi connectivity index (χ1v) is 5.19. The van der Waals surface area contributed by atoms with Gasteiger partial charge < -0.3 is 9.88 Å². The molecule has 2 rings (SSSR count). The molecule has 1 N–H and O–H groups in total. The zero-order chi connectivity index (χ0) is 11.5. The second-order valence-electron chi connectivity index (χ2n) is 3.88. The van der Waals surface area contributed by atoms with E-state index in [1.807, 2.05) is 36.5 Å². The standard InChI is InChI=1S/C10H16N6/c1-8-9(6-16(3)14-8)4-11-5-10-13-12-7-15(10)2/h6-7,11H,4-5H2,1-3H3. The predicted molar refractivity (Wildman–Crippen MR) is 59.5 cm³/mol. The van der Waals surface area contributed by atoms with Gasteiger partial charge in [-0.1, -0.05) is 0 Å². The molecule has 0 bridgehead atoms. The van der Waals surface area contributed by atoms with Crippen molar-refractivity contribution in [3.8, 4) is 0 Å². The largest absolute Gasteiger partial charge is 0.320 e. The summed E-state index contributed by atoms with van der Waals surface area (Å²) < 4.78 is 3.73. The molecule has 2 heterocycles. The summed E-state index contributed by atoms with van der Waals surface area (Å²) in [5.74, 6) is 0.932. The van der Waals surface area contributed by atoms with Gasteiger partial charge in [-0.15, -0.1) is 10.2 Å². The summed E-state index contributed by atoms with van der Waals surface area (Å²) in [6.45, 7) is 3.52. The van der Waals surface area contributed by atoms with Crippen molar-refractivity contribution in [3.63, 3.8) is 0 Å². The highest BCUT2D eigenvalue weighted by Crippen LogP contribution is 2.04. The number of hydrogen-bond donors (Lipinski definition) is 1. The van der Waals surface area contributed by atoms with E-state index in [2.05, 4.69) is 20.6 Å². The van der Waals surface area contributed by atoms with Crippen molar-refractivity contribution >= 4 is 0 Å². The summed E-state index contributed by atoms with van der Waals surface area (Å²) >= 11 is 0. The molecule has 0 spiro atoms. The zero-order valence-corrected chi connectivity index (χ0v) is 9.80. The van der Waals surface area contributed by atoms with Crippen LogP contribution in [0.25, 0.3) is 0 Å². The van der Waals surface area contributed by atoms with Gasteiger partial charge in [-0.2, -0.15) is 5.10 Å². The van der Waals surface area contributed by atoms with Crippen LogP contribution in [0.15, 0.2) is 12.5 Å². The average Bonchev–Trinajstić information content (AvgIpc) is 2.75. The SMILES string of the molecule is Cc1nn(C)cc1CNCc1nncn1C. The van der Waals surface area contributed by atoms with Gasteiger partial charge in [-0.3, -0.25) is 4.68 Å². The van der Waals surface area contributed by atoms with Gasteiger partial charge in [0.2, 0.25) is 0 Å². The van der Waals surface area contributed by atoms with Gasteiger partial charge >= 0.3 is 0 Å². The van der Waals surface area contributed by atoms with E-state index in [-0.39, 0.29) is 0 Å². The molecule has 2 aromatic rings. The Morgan fingerprint density at radius 3 is 2.69 bits per heavy atom. The molecule has 6 nitrogen and oxygen atoms in total. The van der Waals surface area contributed by atoms with Gasteiger partial charge in [0.05, 0.1) is 12.2 Å². The summed E-state index contributed by atoms with van der Waals surface area (Å²) in [6.07, 6.45) is 3.73. The third-order valence-corrected chi connectivity index (χ3v) is 2.52. The van der Waals surface area contributed by atoms with E-state index >= 15 is 0 Å². The fourth-order valence-electron chi connectivity index (χ4n) is 1.60. The molecule has 0 fully saturated rings. The van der Waals surface area contributed by atoms with Crippen molar-refractivity contribution in [1.29, 1.82) is 0 Å². The summed E-state index contributed by atoms with van der Waals surface area (Å²) in [7, 11) is 3.87. The normalized spacial score (nSPS) is 10.9. The van der Waals surface area contributed by atoms with Crippen molar-refractivity contribution in [2.45, 2.75) is 20.0 Å². The van der Waals surface area contributed by atoms with Gasteiger partial charge in [0.1, 0.15) is 12.2 Å². The van der Waals surface area contributed by atoms with E-state index in [0.717, 1.165) is 18.1 Å². The summed E-state index contributed by atoms with van der Waals surface area (Å²) in [5.41, 5.74) is 2.28. The molecule has 6 heteroatoms. The first-order valence-electron chi connectivity index (χ1n) is 5.19. The lowest BCUT2D eigenvalue weighted by Gasteiger charge is -2.02. The second kappa shape index (κ2) is 4.44. The molecule has 0 atom stereocenters. The van der Waals surface area contributed by atoms with Crippen molar-refractivity contribution in [3.05, 3.63) is 29.6 Å². The van der Waals surface area contributed by atoms with Crippen LogP contribution in [-0.2, 0) is 27.2 Å².